The van der Waals surface area contributed by atoms with Gasteiger partial charge in [-0.25, -0.2) is 0 Å². The fourth-order valence-electron chi connectivity index (χ4n) is 0.0962. The number of epoxide rings is 2. The molecule has 0 aliphatic carbocycles. The Labute approximate surface area is 103 Å². The second-order valence-electron chi connectivity index (χ2n) is 3.82. The van der Waals surface area contributed by atoms with Crippen LogP contribution in [0.3, 0.4) is 0 Å². The number of rotatable bonds is 2. The van der Waals surface area contributed by atoms with Crippen molar-refractivity contribution in [2.24, 2.45) is 0 Å². The fourth-order valence-corrected chi connectivity index (χ4v) is 0.0962. The van der Waals surface area contributed by atoms with Crippen LogP contribution in [0.2, 0.25) is 0 Å². The van der Waals surface area contributed by atoms with Gasteiger partial charge in [0.15, 0.2) is 0 Å². The van der Waals surface area contributed by atoms with Crippen molar-refractivity contribution in [3.8, 4) is 0 Å². The highest BCUT2D eigenvalue weighted by molar-refractivity contribution is 4.58. The average Bonchev–Trinajstić information content (AvgIpc) is 3.13. The van der Waals surface area contributed by atoms with Gasteiger partial charge in [-0.1, -0.05) is 0 Å². The van der Waals surface area contributed by atoms with Crippen molar-refractivity contribution in [2.45, 2.75) is 39.1 Å². The Bertz CT molecular complexity index is 123. The maximum atomic E-state index is 8.11. The minimum atomic E-state index is -0.560. The molecule has 2 heterocycles. The number of hydrogen-bond donors (Lipinski definition) is 4. The first-order chi connectivity index (χ1) is 7.93. The molecule has 106 valence electrons. The van der Waals surface area contributed by atoms with E-state index in [4.69, 9.17) is 25.2 Å². The van der Waals surface area contributed by atoms with E-state index in [1.54, 1.807) is 0 Å². The molecule has 3 unspecified atom stereocenters. The molecule has 0 radical (unpaired) electrons. The maximum Gasteiger partial charge on any atom is 0.0781 e. The van der Waals surface area contributed by atoms with E-state index in [2.05, 4.69) is 11.7 Å². The lowest BCUT2D eigenvalue weighted by Gasteiger charge is -1.90. The van der Waals surface area contributed by atoms with Gasteiger partial charge in [-0.15, -0.1) is 0 Å². The molecule has 0 aromatic carbocycles. The maximum absolute atomic E-state index is 8.11. The van der Waals surface area contributed by atoms with Gasteiger partial charge >= 0.3 is 0 Å². The number of aliphatic hydroxyl groups excluding tert-OH is 4. The van der Waals surface area contributed by atoms with E-state index in [9.17, 15) is 0 Å². The van der Waals surface area contributed by atoms with Crippen LogP contribution in [0.15, 0.2) is 0 Å². The van der Waals surface area contributed by atoms with E-state index in [1.807, 2.05) is 0 Å². The van der Waals surface area contributed by atoms with E-state index >= 15 is 0 Å². The first kappa shape index (κ1) is 19.1. The van der Waals surface area contributed by atoms with Crippen LogP contribution in [-0.2, 0) is 9.47 Å². The van der Waals surface area contributed by atoms with Crippen LogP contribution in [0, 0.1) is 0 Å². The summed E-state index contributed by atoms with van der Waals surface area (Å²) in [6.07, 6.45) is -0.537. The zero-order chi connectivity index (χ0) is 13.7. The predicted molar refractivity (Wildman–Crippen MR) is 63.8 cm³/mol. The quantitative estimate of drug-likeness (QED) is 0.478. The smallest absolute Gasteiger partial charge is 0.0781 e. The molecule has 4 N–H and O–H groups in total. The van der Waals surface area contributed by atoms with Crippen LogP contribution < -0.4 is 0 Å². The summed E-state index contributed by atoms with van der Waals surface area (Å²) < 4.78 is 9.21. The molecule has 17 heavy (non-hydrogen) atoms. The average molecular weight is 254 g/mol. The van der Waals surface area contributed by atoms with E-state index in [-0.39, 0.29) is 13.2 Å². The molecule has 0 saturated carbocycles. The highest BCUT2D eigenvalue weighted by Crippen LogP contribution is 2.04. The van der Waals surface area contributed by atoms with Gasteiger partial charge in [0, 0.05) is 0 Å². The Morgan fingerprint density at radius 3 is 1.24 bits per heavy atom. The number of aliphatic hydroxyl groups is 4. The van der Waals surface area contributed by atoms with E-state index in [1.165, 1.54) is 13.8 Å². The van der Waals surface area contributed by atoms with Crippen LogP contribution in [0.25, 0.3) is 0 Å². The summed E-state index contributed by atoms with van der Waals surface area (Å²) in [5, 5.41) is 32.0. The monoisotopic (exact) mass is 254 g/mol. The third kappa shape index (κ3) is 49.6. The zero-order valence-electron chi connectivity index (χ0n) is 10.9. The molecule has 6 heteroatoms. The molecule has 0 aromatic heterocycles. The fraction of sp³-hybridized carbons (Fsp3) is 1.00. The molecule has 2 aliphatic rings. The highest BCUT2D eigenvalue weighted by Gasteiger charge is 2.13. The SMILES string of the molecule is C1CO1.CC(O)CO.CC(O)CO.CC1CO1. The predicted octanol–water partition coefficient (Wildman–Crippen LogP) is -0.859. The van der Waals surface area contributed by atoms with Crippen molar-refractivity contribution in [1.82, 2.24) is 0 Å². The lowest BCUT2D eigenvalue weighted by molar-refractivity contribution is 0.110. The van der Waals surface area contributed by atoms with Gasteiger partial charge in [-0.05, 0) is 20.8 Å². The largest absolute Gasteiger partial charge is 0.394 e. The summed E-state index contributed by atoms with van der Waals surface area (Å²) in [4.78, 5) is 0. The van der Waals surface area contributed by atoms with E-state index < -0.39 is 12.2 Å². The van der Waals surface area contributed by atoms with Crippen molar-refractivity contribution in [3.05, 3.63) is 0 Å². The van der Waals surface area contributed by atoms with Crippen LogP contribution >= 0.6 is 0 Å². The topological polar surface area (TPSA) is 106 Å². The van der Waals surface area contributed by atoms with Crippen LogP contribution in [0.4, 0.5) is 0 Å². The third-order valence-corrected chi connectivity index (χ3v) is 1.23. The molecule has 0 spiro atoms. The van der Waals surface area contributed by atoms with Crippen molar-refractivity contribution in [3.63, 3.8) is 0 Å². The lowest BCUT2D eigenvalue weighted by Crippen LogP contribution is -2.03. The Kier molecular flexibility index (Phi) is 15.5. The van der Waals surface area contributed by atoms with Gasteiger partial charge in [-0.3, -0.25) is 0 Å². The Balaban J connectivity index is 0. The molecule has 2 saturated heterocycles. The molecular weight excluding hydrogens is 228 g/mol. The summed E-state index contributed by atoms with van der Waals surface area (Å²) >= 11 is 0. The molecule has 3 atom stereocenters. The Hall–Kier alpha value is -0.240. The lowest BCUT2D eigenvalue weighted by atomic mass is 10.5. The summed E-state index contributed by atoms with van der Waals surface area (Å²) in [5.74, 6) is 0. The Morgan fingerprint density at radius 2 is 1.24 bits per heavy atom. The van der Waals surface area contributed by atoms with Crippen molar-refractivity contribution >= 4 is 0 Å². The molecule has 0 amide bonds. The minimum Gasteiger partial charge on any atom is -0.394 e. The van der Waals surface area contributed by atoms with Gasteiger partial charge in [-0.2, -0.15) is 0 Å². The summed E-state index contributed by atoms with van der Waals surface area (Å²) in [6, 6.07) is 0. The van der Waals surface area contributed by atoms with Crippen molar-refractivity contribution in [1.29, 1.82) is 0 Å². The molecule has 6 nitrogen and oxygen atoms in total. The first-order valence-electron chi connectivity index (χ1n) is 5.71. The second kappa shape index (κ2) is 13.8. The van der Waals surface area contributed by atoms with Crippen LogP contribution in [0.5, 0.6) is 0 Å². The summed E-state index contributed by atoms with van der Waals surface area (Å²) in [6.45, 7) is 7.82. The van der Waals surface area contributed by atoms with Gasteiger partial charge in [0.25, 0.3) is 0 Å². The number of hydrogen-bond acceptors (Lipinski definition) is 6. The standard InChI is InChI=1S/2C3H8O2.C3H6O.C2H4O/c2*1-3(5)2-4;1-3-2-4-3;1-2-3-1/h2*3-5H,2H2,1H3;3H,2H2,1H3;1-2H2. The highest BCUT2D eigenvalue weighted by atomic mass is 16.6. The van der Waals surface area contributed by atoms with E-state index in [0.29, 0.717) is 6.10 Å². The molecule has 2 rings (SSSR count). The normalized spacial score (nSPS) is 22.4. The summed E-state index contributed by atoms with van der Waals surface area (Å²) in [7, 11) is 0. The summed E-state index contributed by atoms with van der Waals surface area (Å²) in [5.41, 5.74) is 0. The van der Waals surface area contributed by atoms with Gasteiger partial charge in [0.2, 0.25) is 0 Å². The van der Waals surface area contributed by atoms with Gasteiger partial charge in [0.1, 0.15) is 0 Å². The zero-order valence-corrected chi connectivity index (χ0v) is 10.9. The van der Waals surface area contributed by atoms with Crippen molar-refractivity contribution < 1.29 is 29.9 Å². The number of ether oxygens (including phenoxy) is 2. The first-order valence-corrected chi connectivity index (χ1v) is 5.71. The molecule has 0 bridgehead atoms. The van der Waals surface area contributed by atoms with Crippen LogP contribution in [0.1, 0.15) is 20.8 Å². The minimum absolute atomic E-state index is 0.139. The molecule has 2 aliphatic heterocycles. The van der Waals surface area contributed by atoms with Gasteiger partial charge in [0.05, 0.1) is 51.3 Å². The molecule has 2 fully saturated rings. The van der Waals surface area contributed by atoms with Gasteiger partial charge < -0.3 is 29.9 Å². The van der Waals surface area contributed by atoms with E-state index in [0.717, 1.165) is 19.8 Å². The van der Waals surface area contributed by atoms with Crippen LogP contribution in [-0.4, -0.2) is 71.8 Å². The van der Waals surface area contributed by atoms with Crippen molar-refractivity contribution in [2.75, 3.05) is 33.0 Å². The third-order valence-electron chi connectivity index (χ3n) is 1.23. The molecular formula is C11H26O6. The molecule has 0 aromatic rings. The Morgan fingerprint density at radius 1 is 1.06 bits per heavy atom. The second-order valence-corrected chi connectivity index (χ2v) is 3.82.